The van der Waals surface area contributed by atoms with Gasteiger partial charge in [-0.05, 0) is 30.7 Å². The molecule has 1 atom stereocenters. The minimum atomic E-state index is -1.16. The highest BCUT2D eigenvalue weighted by Gasteiger charge is 2.24. The monoisotopic (exact) mass is 564 g/mol. The van der Waals surface area contributed by atoms with Crippen LogP contribution in [0.2, 0.25) is 5.02 Å². The maximum absolute atomic E-state index is 14.4. The van der Waals surface area contributed by atoms with E-state index in [1.807, 2.05) is 5.48 Å². The van der Waals surface area contributed by atoms with Crippen molar-refractivity contribution in [2.45, 2.75) is 12.5 Å². The molecule has 0 bridgehead atoms. The standard InChI is InChI=1S/C19H17ClF3IN6O/c20-12-5-9(1-2-13(12)21)25-18(29-31)11-6-14(22)15(23)17-16(11)27-19(28-17)26-10-3-4-30(7-10)8-24/h1-2,5-6,10,31H,3-4,7-8H2,(H,25,29)(H2,26,27,28). The van der Waals surface area contributed by atoms with Crippen LogP contribution in [0.15, 0.2) is 29.3 Å². The molecule has 164 valence electrons. The summed E-state index contributed by atoms with van der Waals surface area (Å²) in [6.45, 7) is 1.74. The number of aromatic amines is 1. The number of hydrogen-bond acceptors (Lipinski definition) is 5. The molecule has 2 aromatic carbocycles. The molecule has 0 radical (unpaired) electrons. The highest BCUT2D eigenvalue weighted by Crippen LogP contribution is 2.27. The molecule has 31 heavy (non-hydrogen) atoms. The number of H-pyrrole nitrogens is 1. The third kappa shape index (κ3) is 4.59. The summed E-state index contributed by atoms with van der Waals surface area (Å²) in [5.74, 6) is -2.82. The molecule has 0 saturated carbocycles. The van der Waals surface area contributed by atoms with Crippen molar-refractivity contribution in [3.05, 3.63) is 52.3 Å². The normalized spacial score (nSPS) is 17.5. The summed E-state index contributed by atoms with van der Waals surface area (Å²) in [5.41, 5.74) is 2.02. The van der Waals surface area contributed by atoms with Crippen molar-refractivity contribution in [2.24, 2.45) is 4.99 Å². The summed E-state index contributed by atoms with van der Waals surface area (Å²) < 4.78 is 43.0. The third-order valence-electron chi connectivity index (χ3n) is 4.95. The van der Waals surface area contributed by atoms with E-state index in [1.54, 1.807) is 0 Å². The molecule has 0 amide bonds. The summed E-state index contributed by atoms with van der Waals surface area (Å²) in [4.78, 5) is 13.5. The zero-order valence-corrected chi connectivity index (χ0v) is 18.8. The molecule has 12 heteroatoms. The molecule has 1 aliphatic rings. The van der Waals surface area contributed by atoms with Crippen molar-refractivity contribution in [3.63, 3.8) is 0 Å². The van der Waals surface area contributed by atoms with Crippen LogP contribution in [0.5, 0.6) is 0 Å². The number of rotatable bonds is 5. The Balaban J connectivity index is 1.74. The largest absolute Gasteiger partial charge is 0.352 e. The van der Waals surface area contributed by atoms with Crippen LogP contribution in [0, 0.1) is 17.5 Å². The topological polar surface area (TPSA) is 88.6 Å². The van der Waals surface area contributed by atoms with E-state index < -0.39 is 17.5 Å². The van der Waals surface area contributed by atoms with E-state index in [2.05, 4.69) is 47.8 Å². The molecule has 7 nitrogen and oxygen atoms in total. The van der Waals surface area contributed by atoms with Gasteiger partial charge in [-0.25, -0.2) is 23.1 Å². The Morgan fingerprint density at radius 3 is 2.81 bits per heavy atom. The van der Waals surface area contributed by atoms with E-state index in [1.165, 1.54) is 12.1 Å². The van der Waals surface area contributed by atoms with Crippen LogP contribution in [0.4, 0.5) is 24.8 Å². The number of benzene rings is 2. The van der Waals surface area contributed by atoms with Crippen LogP contribution in [0.3, 0.4) is 0 Å². The van der Waals surface area contributed by atoms with E-state index in [0.717, 1.165) is 36.2 Å². The second-order valence-electron chi connectivity index (χ2n) is 7.03. The molecule has 1 fully saturated rings. The summed E-state index contributed by atoms with van der Waals surface area (Å²) in [6.07, 6.45) is 0.889. The lowest BCUT2D eigenvalue weighted by atomic mass is 10.1. The van der Waals surface area contributed by atoms with Crippen molar-refractivity contribution in [2.75, 3.05) is 23.0 Å². The summed E-state index contributed by atoms with van der Waals surface area (Å²) >= 11 is 8.06. The van der Waals surface area contributed by atoms with Crippen LogP contribution in [0.1, 0.15) is 12.0 Å². The van der Waals surface area contributed by atoms with Crippen molar-refractivity contribution < 1.29 is 18.4 Å². The van der Waals surface area contributed by atoms with Gasteiger partial charge in [-0.3, -0.25) is 15.6 Å². The number of nitrogens with one attached hydrogen (secondary N) is 3. The predicted molar refractivity (Wildman–Crippen MR) is 121 cm³/mol. The Morgan fingerprint density at radius 1 is 1.32 bits per heavy atom. The number of fused-ring (bicyclic) bond motifs is 1. The van der Waals surface area contributed by atoms with Gasteiger partial charge in [0.2, 0.25) is 5.95 Å². The molecule has 1 aromatic heterocycles. The van der Waals surface area contributed by atoms with Crippen LogP contribution in [-0.2, 0) is 0 Å². The summed E-state index contributed by atoms with van der Waals surface area (Å²) in [7, 11) is 0. The SMILES string of the molecule is ONC(=Nc1ccc(F)c(Cl)c1)c1cc(F)c(F)c2nc(NC3CCN(CI)C3)[nH]c12. The van der Waals surface area contributed by atoms with Gasteiger partial charge in [0.25, 0.3) is 0 Å². The number of halogens is 5. The van der Waals surface area contributed by atoms with Gasteiger partial charge in [-0.1, -0.05) is 34.2 Å². The Labute approximate surface area is 193 Å². The highest BCUT2D eigenvalue weighted by atomic mass is 127. The molecule has 2 heterocycles. The number of alkyl halides is 1. The van der Waals surface area contributed by atoms with Crippen LogP contribution >= 0.6 is 34.2 Å². The van der Waals surface area contributed by atoms with Crippen molar-refractivity contribution in [1.29, 1.82) is 0 Å². The summed E-state index contributed by atoms with van der Waals surface area (Å²) in [6, 6.07) is 4.67. The molecule has 1 aliphatic heterocycles. The fourth-order valence-corrected chi connectivity index (χ4v) is 4.23. The first-order valence-corrected chi connectivity index (χ1v) is 11.2. The predicted octanol–water partition coefficient (Wildman–Crippen LogP) is 4.57. The zero-order chi connectivity index (χ0) is 22.1. The average molecular weight is 565 g/mol. The molecule has 0 aliphatic carbocycles. The van der Waals surface area contributed by atoms with Gasteiger partial charge in [0.05, 0.1) is 20.8 Å². The lowest BCUT2D eigenvalue weighted by Gasteiger charge is -2.13. The van der Waals surface area contributed by atoms with E-state index in [9.17, 15) is 18.4 Å². The molecule has 1 saturated heterocycles. The molecule has 4 N–H and O–H groups in total. The Morgan fingerprint density at radius 2 is 2.13 bits per heavy atom. The quantitative estimate of drug-likeness (QED) is 0.0911. The van der Waals surface area contributed by atoms with Gasteiger partial charge in [0, 0.05) is 24.7 Å². The number of likely N-dealkylation sites (tertiary alicyclic amines) is 1. The molecule has 0 spiro atoms. The second-order valence-corrected chi connectivity index (χ2v) is 8.12. The molecular formula is C19H17ClF3IN6O. The smallest absolute Gasteiger partial charge is 0.201 e. The summed E-state index contributed by atoms with van der Waals surface area (Å²) in [5, 5.41) is 12.7. The maximum atomic E-state index is 14.4. The number of nitrogens with zero attached hydrogens (tertiary/aromatic N) is 3. The van der Waals surface area contributed by atoms with E-state index in [4.69, 9.17) is 11.6 Å². The van der Waals surface area contributed by atoms with Gasteiger partial charge in [-0.2, -0.15) is 0 Å². The molecule has 3 aromatic rings. The Kier molecular flexibility index (Phi) is 6.55. The zero-order valence-electron chi connectivity index (χ0n) is 15.9. The molecular weight excluding hydrogens is 548 g/mol. The minimum Gasteiger partial charge on any atom is -0.352 e. The van der Waals surface area contributed by atoms with Crippen molar-refractivity contribution in [1.82, 2.24) is 20.3 Å². The first kappa shape index (κ1) is 22.1. The number of anilines is 1. The fourth-order valence-electron chi connectivity index (χ4n) is 3.44. The number of hydrogen-bond donors (Lipinski definition) is 4. The first-order valence-electron chi connectivity index (χ1n) is 9.26. The minimum absolute atomic E-state index is 0.0395. The van der Waals surface area contributed by atoms with E-state index >= 15 is 0 Å². The Bertz CT molecular complexity index is 1160. The number of amidine groups is 1. The van der Waals surface area contributed by atoms with Crippen molar-refractivity contribution >= 4 is 62.7 Å². The lowest BCUT2D eigenvalue weighted by Crippen LogP contribution is -2.25. The average Bonchev–Trinajstić information content (AvgIpc) is 3.39. The van der Waals surface area contributed by atoms with Crippen LogP contribution in [-0.4, -0.2) is 49.6 Å². The van der Waals surface area contributed by atoms with Gasteiger partial charge < -0.3 is 10.3 Å². The van der Waals surface area contributed by atoms with Crippen molar-refractivity contribution in [3.8, 4) is 0 Å². The number of imidazole rings is 1. The first-order chi connectivity index (χ1) is 14.9. The van der Waals surface area contributed by atoms with Crippen LogP contribution < -0.4 is 10.8 Å². The van der Waals surface area contributed by atoms with Crippen LogP contribution in [0.25, 0.3) is 11.0 Å². The third-order valence-corrected chi connectivity index (χ3v) is 6.20. The number of hydroxylamine groups is 1. The lowest BCUT2D eigenvalue weighted by molar-refractivity contribution is 0.235. The highest BCUT2D eigenvalue weighted by molar-refractivity contribution is 14.1. The fraction of sp³-hybridized carbons (Fsp3) is 0.263. The van der Waals surface area contributed by atoms with Gasteiger partial charge >= 0.3 is 0 Å². The molecule has 1 unspecified atom stereocenters. The number of aromatic nitrogens is 2. The number of aliphatic imine (C=N–C) groups is 1. The second kappa shape index (κ2) is 9.18. The maximum Gasteiger partial charge on any atom is 0.201 e. The van der Waals surface area contributed by atoms with Gasteiger partial charge in [0.1, 0.15) is 11.3 Å². The molecule has 4 rings (SSSR count). The van der Waals surface area contributed by atoms with Gasteiger partial charge in [0.15, 0.2) is 17.5 Å². The Hall–Kier alpha value is -2.09. The van der Waals surface area contributed by atoms with Gasteiger partial charge in [-0.15, -0.1) is 0 Å². The van der Waals surface area contributed by atoms with E-state index in [0.29, 0.717) is 0 Å². The van der Waals surface area contributed by atoms with E-state index in [-0.39, 0.29) is 45.1 Å².